The van der Waals surface area contributed by atoms with Gasteiger partial charge in [0.15, 0.2) is 0 Å². The summed E-state index contributed by atoms with van der Waals surface area (Å²) in [5.41, 5.74) is 2.43. The molecule has 0 aliphatic heterocycles. The molecule has 0 aliphatic rings. The van der Waals surface area contributed by atoms with Crippen molar-refractivity contribution in [2.75, 3.05) is 13.2 Å². The maximum Gasteiger partial charge on any atom is 0.408 e. The number of hydrogen-bond acceptors (Lipinski definition) is 7. The lowest BCUT2D eigenvalue weighted by Gasteiger charge is -2.24. The van der Waals surface area contributed by atoms with E-state index in [4.69, 9.17) is 9.47 Å². The number of aliphatic hydroxyl groups is 1. The number of allylic oxidation sites excluding steroid dienone is 1. The Morgan fingerprint density at radius 3 is 1.94 bits per heavy atom. The van der Waals surface area contributed by atoms with Gasteiger partial charge >= 0.3 is 12.1 Å². The summed E-state index contributed by atoms with van der Waals surface area (Å²) in [6.07, 6.45) is 2.87. The molecule has 0 saturated heterocycles. The Hall–Kier alpha value is -5.22. The second kappa shape index (κ2) is 20.0. The van der Waals surface area contributed by atoms with Crippen LogP contribution in [0.15, 0.2) is 116 Å². The van der Waals surface area contributed by atoms with E-state index in [0.717, 1.165) is 11.1 Å². The molecule has 0 fully saturated rings. The van der Waals surface area contributed by atoms with Gasteiger partial charge in [-0.25, -0.2) is 9.59 Å². The number of esters is 1. The largest absolute Gasteiger partial charge is 0.462 e. The number of rotatable bonds is 19. The van der Waals surface area contributed by atoms with E-state index in [1.54, 1.807) is 30.3 Å². The fourth-order valence-corrected chi connectivity index (χ4v) is 4.80. The van der Waals surface area contributed by atoms with Crippen LogP contribution in [0.3, 0.4) is 0 Å². The second-order valence-electron chi connectivity index (χ2n) is 10.9. The summed E-state index contributed by atoms with van der Waals surface area (Å²) < 4.78 is 10.8. The lowest BCUT2D eigenvalue weighted by atomic mass is 9.97. The highest BCUT2D eigenvalue weighted by Crippen LogP contribution is 2.18. The van der Waals surface area contributed by atoms with Crippen molar-refractivity contribution in [3.63, 3.8) is 0 Å². The molecule has 0 bridgehead atoms. The van der Waals surface area contributed by atoms with Crippen molar-refractivity contribution >= 4 is 23.9 Å². The van der Waals surface area contributed by atoms with Crippen LogP contribution in [0.5, 0.6) is 0 Å². The number of alkyl carbamates (subject to hydrolysis) is 1. The molecule has 0 saturated carbocycles. The first-order valence-corrected chi connectivity index (χ1v) is 15.5. The average Bonchev–Trinajstić information content (AvgIpc) is 3.09. The fourth-order valence-electron chi connectivity index (χ4n) is 4.80. The van der Waals surface area contributed by atoms with Gasteiger partial charge in [0.25, 0.3) is 0 Å². The number of carbonyl (C=O) groups excluding carboxylic acids is 4. The Bertz CT molecular complexity index is 1430. The molecule has 0 heterocycles. The van der Waals surface area contributed by atoms with E-state index in [1.807, 2.05) is 66.7 Å². The van der Waals surface area contributed by atoms with Crippen LogP contribution in [0, 0.1) is 5.92 Å². The molecule has 10 nitrogen and oxygen atoms in total. The number of nitrogens with one attached hydrogen (secondary N) is 3. The molecule has 0 spiro atoms. The van der Waals surface area contributed by atoms with Gasteiger partial charge in [0.1, 0.15) is 19.3 Å². The molecule has 0 aromatic heterocycles. The molecule has 47 heavy (non-hydrogen) atoms. The van der Waals surface area contributed by atoms with Gasteiger partial charge < -0.3 is 30.5 Å². The zero-order valence-electron chi connectivity index (χ0n) is 26.4. The zero-order chi connectivity index (χ0) is 33.9. The number of benzene rings is 3. The predicted octanol–water partition coefficient (Wildman–Crippen LogP) is 4.56. The summed E-state index contributed by atoms with van der Waals surface area (Å²) in [5.74, 6) is -2.31. The van der Waals surface area contributed by atoms with Gasteiger partial charge in [-0.1, -0.05) is 103 Å². The minimum absolute atomic E-state index is 0.0300. The van der Waals surface area contributed by atoms with Crippen molar-refractivity contribution in [1.82, 2.24) is 16.0 Å². The summed E-state index contributed by atoms with van der Waals surface area (Å²) >= 11 is 0. The van der Waals surface area contributed by atoms with Crippen LogP contribution in [0.25, 0.3) is 0 Å². The summed E-state index contributed by atoms with van der Waals surface area (Å²) in [6, 6.07) is 25.2. The zero-order valence-corrected chi connectivity index (χ0v) is 26.4. The predicted molar refractivity (Wildman–Crippen MR) is 179 cm³/mol. The van der Waals surface area contributed by atoms with Crippen molar-refractivity contribution in [2.45, 2.75) is 50.4 Å². The number of hydrogen-bond donors (Lipinski definition) is 4. The molecule has 4 atom stereocenters. The van der Waals surface area contributed by atoms with Crippen LogP contribution in [0.1, 0.15) is 42.0 Å². The highest BCUT2D eigenvalue weighted by Gasteiger charge is 2.27. The van der Waals surface area contributed by atoms with E-state index >= 15 is 0 Å². The number of carbonyl (C=O) groups is 4. The Morgan fingerprint density at radius 2 is 1.34 bits per heavy atom. The Morgan fingerprint density at radius 1 is 0.745 bits per heavy atom. The van der Waals surface area contributed by atoms with Gasteiger partial charge in [0, 0.05) is 6.42 Å². The number of amides is 3. The summed E-state index contributed by atoms with van der Waals surface area (Å²) in [7, 11) is 0. The van der Waals surface area contributed by atoms with Gasteiger partial charge in [-0.2, -0.15) is 0 Å². The van der Waals surface area contributed by atoms with E-state index in [9.17, 15) is 24.3 Å². The molecular weight excluding hydrogens is 598 g/mol. The van der Waals surface area contributed by atoms with Gasteiger partial charge in [0.05, 0.1) is 24.6 Å². The van der Waals surface area contributed by atoms with Crippen LogP contribution >= 0.6 is 0 Å². The maximum absolute atomic E-state index is 13.5. The van der Waals surface area contributed by atoms with Gasteiger partial charge in [-0.3, -0.25) is 9.59 Å². The van der Waals surface area contributed by atoms with Crippen LogP contribution in [-0.2, 0) is 36.9 Å². The Labute approximate surface area is 275 Å². The van der Waals surface area contributed by atoms with Gasteiger partial charge in [-0.05, 0) is 36.0 Å². The number of ether oxygens (including phenoxy) is 2. The molecular formula is C37H43N3O7. The van der Waals surface area contributed by atoms with Crippen LogP contribution in [0.4, 0.5) is 4.79 Å². The lowest BCUT2D eigenvalue weighted by Crippen LogP contribution is -2.44. The van der Waals surface area contributed by atoms with Crippen molar-refractivity contribution in [3.05, 3.63) is 133 Å². The molecule has 4 N–H and O–H groups in total. The van der Waals surface area contributed by atoms with Gasteiger partial charge in [-0.15, -0.1) is 13.2 Å². The lowest BCUT2D eigenvalue weighted by molar-refractivity contribution is -0.147. The molecule has 3 amide bonds. The van der Waals surface area contributed by atoms with E-state index < -0.39 is 42.0 Å². The smallest absolute Gasteiger partial charge is 0.408 e. The molecule has 3 aromatic rings. The van der Waals surface area contributed by atoms with E-state index in [2.05, 4.69) is 29.1 Å². The molecule has 0 aliphatic carbocycles. The van der Waals surface area contributed by atoms with Gasteiger partial charge in [0.2, 0.25) is 11.8 Å². The van der Waals surface area contributed by atoms with E-state index in [1.165, 1.54) is 6.08 Å². The molecule has 248 valence electrons. The highest BCUT2D eigenvalue weighted by molar-refractivity contribution is 5.86. The van der Waals surface area contributed by atoms with Crippen molar-refractivity contribution < 1.29 is 33.8 Å². The first kappa shape index (κ1) is 36.3. The molecule has 0 unspecified atom stereocenters. The monoisotopic (exact) mass is 641 g/mol. The summed E-state index contributed by atoms with van der Waals surface area (Å²) in [4.78, 5) is 51.9. The van der Waals surface area contributed by atoms with Crippen molar-refractivity contribution in [2.24, 2.45) is 5.92 Å². The average molecular weight is 642 g/mol. The molecule has 3 aromatic carbocycles. The number of aliphatic hydroxyl groups excluding tert-OH is 1. The molecule has 10 heteroatoms. The Kier molecular flexibility index (Phi) is 15.4. The highest BCUT2D eigenvalue weighted by atomic mass is 16.6. The molecule has 0 radical (unpaired) electrons. The first-order valence-electron chi connectivity index (χ1n) is 15.5. The van der Waals surface area contributed by atoms with Crippen LogP contribution < -0.4 is 16.0 Å². The van der Waals surface area contributed by atoms with Crippen molar-refractivity contribution in [3.8, 4) is 0 Å². The van der Waals surface area contributed by atoms with Crippen LogP contribution in [-0.4, -0.2) is 54.3 Å². The van der Waals surface area contributed by atoms with E-state index in [0.29, 0.717) is 12.0 Å². The third-order valence-electron chi connectivity index (χ3n) is 7.27. The van der Waals surface area contributed by atoms with Crippen LogP contribution in [0.2, 0.25) is 0 Å². The Balaban J connectivity index is 1.62. The summed E-state index contributed by atoms with van der Waals surface area (Å²) in [6.45, 7) is 6.93. The van der Waals surface area contributed by atoms with E-state index in [-0.39, 0.29) is 45.0 Å². The maximum atomic E-state index is 13.5. The third-order valence-corrected chi connectivity index (χ3v) is 7.27. The fraction of sp³-hybridized carbons (Fsp3) is 0.297. The minimum atomic E-state index is -1.06. The second-order valence-corrected chi connectivity index (χ2v) is 10.9. The van der Waals surface area contributed by atoms with Crippen molar-refractivity contribution in [1.29, 1.82) is 0 Å². The topological polar surface area (TPSA) is 143 Å². The quantitative estimate of drug-likeness (QED) is 0.111. The standard InChI is InChI=1S/C37H43N3O7/c1-3-14-30(23-34(42)38-31(24-41)22-27-16-8-5-9-17-27)35(43)39-33(29-20-12-7-13-21-29)26-46-36(44)32(15-4-2)40-37(45)47-25-28-18-10-6-11-19-28/h3-13,16-21,30-33,41H,1-2,14-15,22-26H2,(H,38,42)(H,39,43)(H,40,45)/t30-,31-,32+,33+/m0/s1. The molecule has 3 rings (SSSR count). The summed E-state index contributed by atoms with van der Waals surface area (Å²) in [5, 5.41) is 18.1. The first-order chi connectivity index (χ1) is 22.8. The minimum Gasteiger partial charge on any atom is -0.462 e. The normalized spacial score (nSPS) is 13.1. The third kappa shape index (κ3) is 13.0. The SMILES string of the molecule is C=CC[C@@H](CC(=O)N[C@H](CO)Cc1ccccc1)C(=O)N[C@H](COC(=O)[C@@H](CC=C)NC(=O)OCc1ccccc1)c1ccccc1.